The molecule has 0 saturated heterocycles. The van der Waals surface area contributed by atoms with Gasteiger partial charge in [0.1, 0.15) is 9.85 Å². The lowest BCUT2D eigenvalue weighted by Gasteiger charge is -2.22. The third-order valence-electron chi connectivity index (χ3n) is 2.19. The molecule has 76 valence electrons. The maximum absolute atomic E-state index is 10.7. The average Bonchev–Trinajstić information content (AvgIpc) is 2.02. The molecule has 0 aromatic heterocycles. The fraction of sp³-hybridized carbons (Fsp3) is 0.429. The van der Waals surface area contributed by atoms with Crippen LogP contribution in [0.3, 0.4) is 0 Å². The summed E-state index contributed by atoms with van der Waals surface area (Å²) in [5.41, 5.74) is -2.73. The summed E-state index contributed by atoms with van der Waals surface area (Å²) in [6.45, 7) is 1.25. The molecular formula is C7H8N2O5. The van der Waals surface area contributed by atoms with Crippen molar-refractivity contribution in [3.8, 4) is 0 Å². The summed E-state index contributed by atoms with van der Waals surface area (Å²) >= 11 is 0. The van der Waals surface area contributed by atoms with Gasteiger partial charge in [-0.3, -0.25) is 20.2 Å². The molecule has 0 aliphatic heterocycles. The van der Waals surface area contributed by atoms with Crippen LogP contribution in [0.15, 0.2) is 23.8 Å². The number of aliphatic hydroxyl groups excluding tert-OH is 1. The molecule has 0 saturated carbocycles. The molecule has 0 spiro atoms. The second-order valence-electron chi connectivity index (χ2n) is 2.92. The Morgan fingerprint density at radius 3 is 2.21 bits per heavy atom. The van der Waals surface area contributed by atoms with Gasteiger partial charge in [0.05, 0.1) is 5.57 Å². The topological polar surface area (TPSA) is 107 Å². The van der Waals surface area contributed by atoms with Gasteiger partial charge in [0.2, 0.25) is 6.10 Å². The number of nitro groups is 2. The number of aliphatic hydroxyl groups is 1. The van der Waals surface area contributed by atoms with Crippen LogP contribution in [0.1, 0.15) is 6.92 Å². The van der Waals surface area contributed by atoms with Crippen molar-refractivity contribution in [3.63, 3.8) is 0 Å². The van der Waals surface area contributed by atoms with Crippen molar-refractivity contribution < 1.29 is 15.0 Å². The van der Waals surface area contributed by atoms with E-state index in [1.54, 1.807) is 0 Å². The molecule has 7 nitrogen and oxygen atoms in total. The van der Waals surface area contributed by atoms with Crippen molar-refractivity contribution in [3.05, 3.63) is 44.0 Å². The second kappa shape index (κ2) is 3.18. The predicted octanol–water partition coefficient (Wildman–Crippen LogP) is 0.113. The first-order valence-electron chi connectivity index (χ1n) is 3.76. The highest BCUT2D eigenvalue weighted by atomic mass is 16.7. The standard InChI is InChI=1S/C7H8N2O5/c1-5-3-2-4-6(10)7(5,8(11)12)9(13)14/h2-4,6,10H,1H3. The molecule has 1 N–H and O–H groups in total. The van der Waals surface area contributed by atoms with E-state index in [1.165, 1.54) is 19.1 Å². The Labute approximate surface area is 78.6 Å². The summed E-state index contributed by atoms with van der Waals surface area (Å²) in [6.07, 6.45) is 1.89. The minimum absolute atomic E-state index is 0.0949. The summed E-state index contributed by atoms with van der Waals surface area (Å²) in [5.74, 6) is 0. The van der Waals surface area contributed by atoms with E-state index in [4.69, 9.17) is 0 Å². The lowest BCUT2D eigenvalue weighted by atomic mass is 9.91. The smallest absolute Gasteiger partial charge is 0.375 e. The molecule has 0 aromatic carbocycles. The lowest BCUT2D eigenvalue weighted by molar-refractivity contribution is -0.791. The third-order valence-corrected chi connectivity index (χ3v) is 2.19. The summed E-state index contributed by atoms with van der Waals surface area (Å²) < 4.78 is 0. The van der Waals surface area contributed by atoms with Crippen LogP contribution < -0.4 is 0 Å². The van der Waals surface area contributed by atoms with Crippen LogP contribution in [0, 0.1) is 20.2 Å². The highest BCUT2D eigenvalue weighted by Gasteiger charge is 2.64. The number of hydrogen-bond acceptors (Lipinski definition) is 5. The SMILES string of the molecule is CC1=CC=CC(O)C1([N+](=O)[O-])[N+](=O)[O-]. The van der Waals surface area contributed by atoms with E-state index in [-0.39, 0.29) is 5.57 Å². The summed E-state index contributed by atoms with van der Waals surface area (Å²) in [5, 5.41) is 30.7. The zero-order valence-corrected chi connectivity index (χ0v) is 7.28. The first-order chi connectivity index (χ1) is 6.44. The Morgan fingerprint density at radius 2 is 1.93 bits per heavy atom. The number of allylic oxidation sites excluding steroid dienone is 2. The van der Waals surface area contributed by atoms with Gasteiger partial charge in [-0.1, -0.05) is 6.08 Å². The van der Waals surface area contributed by atoms with Crippen molar-refractivity contribution >= 4 is 0 Å². The normalized spacial score (nSPS) is 24.1. The quantitative estimate of drug-likeness (QED) is 0.387. The highest BCUT2D eigenvalue weighted by molar-refractivity contribution is 5.27. The average molecular weight is 200 g/mol. The second-order valence-corrected chi connectivity index (χ2v) is 2.92. The zero-order valence-electron chi connectivity index (χ0n) is 7.28. The molecule has 0 bridgehead atoms. The van der Waals surface area contributed by atoms with Gasteiger partial charge in [-0.15, -0.1) is 0 Å². The van der Waals surface area contributed by atoms with Crippen molar-refractivity contribution in [1.82, 2.24) is 0 Å². The lowest BCUT2D eigenvalue weighted by Crippen LogP contribution is -2.56. The number of rotatable bonds is 2. The first kappa shape index (κ1) is 10.3. The van der Waals surface area contributed by atoms with Crippen LogP contribution in [0.5, 0.6) is 0 Å². The van der Waals surface area contributed by atoms with E-state index in [0.29, 0.717) is 0 Å². The largest absolute Gasteiger partial charge is 0.508 e. The van der Waals surface area contributed by atoms with Gasteiger partial charge in [0.25, 0.3) is 0 Å². The summed E-state index contributed by atoms with van der Waals surface area (Å²) in [7, 11) is 0. The molecule has 1 atom stereocenters. The molecule has 7 heteroatoms. The molecule has 14 heavy (non-hydrogen) atoms. The monoisotopic (exact) mass is 200 g/mol. The molecule has 1 aliphatic carbocycles. The Bertz CT molecular complexity index is 332. The Balaban J connectivity index is 3.35. The molecule has 0 radical (unpaired) electrons. The fourth-order valence-electron chi connectivity index (χ4n) is 1.37. The molecule has 1 unspecified atom stereocenters. The fourth-order valence-corrected chi connectivity index (χ4v) is 1.37. The van der Waals surface area contributed by atoms with Crippen LogP contribution in [0.25, 0.3) is 0 Å². The van der Waals surface area contributed by atoms with Crippen LogP contribution in [-0.2, 0) is 0 Å². The van der Waals surface area contributed by atoms with Crippen LogP contribution in [0.2, 0.25) is 0 Å². The van der Waals surface area contributed by atoms with Crippen molar-refractivity contribution in [2.24, 2.45) is 0 Å². The molecular weight excluding hydrogens is 192 g/mol. The van der Waals surface area contributed by atoms with Crippen LogP contribution in [-0.4, -0.2) is 26.7 Å². The van der Waals surface area contributed by atoms with Gasteiger partial charge >= 0.3 is 5.66 Å². The van der Waals surface area contributed by atoms with E-state index in [1.807, 2.05) is 0 Å². The minimum Gasteiger partial charge on any atom is -0.375 e. The van der Waals surface area contributed by atoms with Gasteiger partial charge in [-0.05, 0) is 19.1 Å². The minimum atomic E-state index is -2.63. The van der Waals surface area contributed by atoms with Crippen molar-refractivity contribution in [2.75, 3.05) is 0 Å². The Kier molecular flexibility index (Phi) is 2.35. The van der Waals surface area contributed by atoms with Gasteiger partial charge in [0, 0.05) is 0 Å². The van der Waals surface area contributed by atoms with Crippen LogP contribution in [0.4, 0.5) is 0 Å². The number of nitrogens with zero attached hydrogens (tertiary/aromatic N) is 2. The van der Waals surface area contributed by atoms with Crippen molar-refractivity contribution in [2.45, 2.75) is 18.7 Å². The van der Waals surface area contributed by atoms with E-state index >= 15 is 0 Å². The Morgan fingerprint density at radius 1 is 1.43 bits per heavy atom. The maximum atomic E-state index is 10.7. The predicted molar refractivity (Wildman–Crippen MR) is 45.6 cm³/mol. The van der Waals surface area contributed by atoms with E-state index in [0.717, 1.165) is 6.08 Å². The molecule has 1 rings (SSSR count). The first-order valence-corrected chi connectivity index (χ1v) is 3.76. The molecule has 0 fully saturated rings. The van der Waals surface area contributed by atoms with E-state index in [2.05, 4.69) is 0 Å². The summed E-state index contributed by atoms with van der Waals surface area (Å²) in [6, 6.07) is 0. The van der Waals surface area contributed by atoms with Gasteiger partial charge in [0.15, 0.2) is 0 Å². The molecule has 0 heterocycles. The molecule has 1 aliphatic rings. The number of hydrogen-bond donors (Lipinski definition) is 1. The molecule has 0 amide bonds. The van der Waals surface area contributed by atoms with Gasteiger partial charge in [-0.25, -0.2) is 0 Å². The van der Waals surface area contributed by atoms with Gasteiger partial charge in [-0.2, -0.15) is 0 Å². The van der Waals surface area contributed by atoms with E-state index < -0.39 is 21.6 Å². The molecule has 0 aromatic rings. The van der Waals surface area contributed by atoms with Crippen molar-refractivity contribution in [1.29, 1.82) is 0 Å². The van der Waals surface area contributed by atoms with E-state index in [9.17, 15) is 25.3 Å². The zero-order chi connectivity index (χ0) is 10.9. The summed E-state index contributed by atoms with van der Waals surface area (Å²) in [4.78, 5) is 19.2. The Hall–Kier alpha value is -1.76. The maximum Gasteiger partial charge on any atom is 0.508 e. The van der Waals surface area contributed by atoms with Gasteiger partial charge < -0.3 is 5.11 Å². The third kappa shape index (κ3) is 1.10. The van der Waals surface area contributed by atoms with Crippen LogP contribution >= 0.6 is 0 Å². The highest BCUT2D eigenvalue weighted by Crippen LogP contribution is 2.29.